The number of nitrogens with one attached hydrogen (secondary N) is 1. The molecule has 0 amide bonds. The van der Waals surface area contributed by atoms with E-state index in [1.165, 1.54) is 0 Å². The highest BCUT2D eigenvalue weighted by Gasteiger charge is 2.44. The van der Waals surface area contributed by atoms with Crippen LogP contribution in [0.1, 0.15) is 0 Å². The summed E-state index contributed by atoms with van der Waals surface area (Å²) in [5.74, 6) is -2.11. The molecule has 0 saturated carbocycles. The molecule has 15 heavy (non-hydrogen) atoms. The lowest BCUT2D eigenvalue weighted by Crippen LogP contribution is -2.65. The maximum atomic E-state index is 11.4. The molecule has 1 aliphatic rings. The number of nitrogens with two attached hydrogens (primary N) is 2. The van der Waals surface area contributed by atoms with Gasteiger partial charge in [0.15, 0.2) is 5.16 Å². The minimum Gasteiger partial charge on any atom is -0.690 e. The van der Waals surface area contributed by atoms with Gasteiger partial charge in [0.05, 0.1) is 0 Å². The zero-order valence-electron chi connectivity index (χ0n) is 7.19. The third-order valence-electron chi connectivity index (χ3n) is 1.44. The van der Waals surface area contributed by atoms with Crippen molar-refractivity contribution in [2.24, 2.45) is 21.7 Å². The normalized spacial score (nSPS) is 19.9. The van der Waals surface area contributed by atoms with Gasteiger partial charge in [-0.05, 0) is 5.16 Å². The number of aromatic nitrogens is 2. The molecule has 5 N–H and O–H groups in total. The van der Waals surface area contributed by atoms with Crippen molar-refractivity contribution in [1.29, 1.82) is 0 Å². The first-order chi connectivity index (χ1) is 7.09. The molecule has 0 spiro atoms. The smallest absolute Gasteiger partial charge is 0.424 e. The number of hydroxylamine groups is 2. The minimum atomic E-state index is -1.71. The van der Waals surface area contributed by atoms with Gasteiger partial charge in [-0.15, -0.1) is 4.86 Å². The molecule has 0 radical (unpaired) electrons. The molecule has 1 aromatic rings. The fraction of sp³-hybridized carbons (Fsp3) is 0.250. The second kappa shape index (κ2) is 3.23. The average Bonchev–Trinajstić information content (AvgIpc) is 2.73. The molecule has 11 heteroatoms. The van der Waals surface area contributed by atoms with Gasteiger partial charge in [0.2, 0.25) is 0 Å². The molecule has 1 aromatic heterocycles. The molecule has 0 bridgehead atoms. The van der Waals surface area contributed by atoms with Crippen molar-refractivity contribution in [3.05, 3.63) is 11.4 Å². The molecule has 11 nitrogen and oxygen atoms in total. The van der Waals surface area contributed by atoms with Crippen LogP contribution in [0.3, 0.4) is 0 Å². The molecule has 1 aliphatic heterocycles. The van der Waals surface area contributed by atoms with Crippen LogP contribution < -0.4 is 16.9 Å². The Labute approximate surface area is 81.8 Å². The third-order valence-corrected chi connectivity index (χ3v) is 1.44. The van der Waals surface area contributed by atoms with Crippen molar-refractivity contribution < 1.29 is 14.4 Å². The van der Waals surface area contributed by atoms with Gasteiger partial charge in [0.25, 0.3) is 11.6 Å². The predicted molar refractivity (Wildman–Crippen MR) is 42.8 cm³/mol. The number of azo groups is 1. The van der Waals surface area contributed by atoms with Gasteiger partial charge in [-0.3, -0.25) is 11.5 Å². The van der Waals surface area contributed by atoms with Crippen molar-refractivity contribution >= 4 is 11.7 Å². The van der Waals surface area contributed by atoms with E-state index >= 15 is 0 Å². The van der Waals surface area contributed by atoms with Gasteiger partial charge in [0.1, 0.15) is 6.20 Å². The fourth-order valence-corrected chi connectivity index (χ4v) is 0.800. The van der Waals surface area contributed by atoms with E-state index in [1.54, 1.807) is 0 Å². The van der Waals surface area contributed by atoms with Gasteiger partial charge in [-0.25, -0.2) is 4.63 Å². The Hall–Kier alpha value is -2.11. The maximum Gasteiger partial charge on any atom is 0.424 e. The molecule has 2 heterocycles. The molecule has 80 valence electrons. The zero-order valence-corrected chi connectivity index (χ0v) is 7.19. The quantitative estimate of drug-likeness (QED) is 0.211. The summed E-state index contributed by atoms with van der Waals surface area (Å²) in [6.07, 6.45) is 1.13. The number of amidine groups is 1. The van der Waals surface area contributed by atoms with Gasteiger partial charge < -0.3 is 5.21 Å². The van der Waals surface area contributed by atoms with Crippen LogP contribution in [0.15, 0.2) is 21.1 Å². The highest BCUT2D eigenvalue weighted by atomic mass is 16.8. The van der Waals surface area contributed by atoms with Crippen LogP contribution in [-0.2, 0) is 4.94 Å². The first-order valence-electron chi connectivity index (χ1n) is 3.65. The van der Waals surface area contributed by atoms with E-state index in [4.69, 9.17) is 11.5 Å². The lowest BCUT2D eigenvalue weighted by Gasteiger charge is -2.13. The van der Waals surface area contributed by atoms with Crippen LogP contribution in [-0.4, -0.2) is 26.8 Å². The molecule has 0 atom stereocenters. The van der Waals surface area contributed by atoms with Gasteiger partial charge in [-0.2, -0.15) is 4.94 Å². The molecule has 0 saturated heterocycles. The van der Waals surface area contributed by atoms with E-state index in [1.807, 2.05) is 0 Å². The Bertz CT molecular complexity index is 408. The number of hydrogen-bond acceptors (Lipinski definition) is 10. The summed E-state index contributed by atoms with van der Waals surface area (Å²) >= 11 is 0. The second-order valence-corrected chi connectivity index (χ2v) is 2.62. The van der Waals surface area contributed by atoms with Crippen molar-refractivity contribution in [2.45, 2.75) is 5.79 Å². The van der Waals surface area contributed by atoms with Crippen LogP contribution in [0.4, 0.5) is 5.82 Å². The summed E-state index contributed by atoms with van der Waals surface area (Å²) in [4.78, 5) is 4.39. The monoisotopic (exact) mass is 214 g/mol. The van der Waals surface area contributed by atoms with Crippen molar-refractivity contribution in [3.8, 4) is 0 Å². The molecule has 0 fully saturated rings. The zero-order chi connectivity index (χ0) is 10.9. The van der Waals surface area contributed by atoms with E-state index < -0.39 is 5.79 Å². The Morgan fingerprint density at radius 1 is 1.60 bits per heavy atom. The minimum absolute atomic E-state index is 0.0459. The average molecular weight is 214 g/mol. The number of hydrogen-bond donors (Lipinski definition) is 3. The summed E-state index contributed by atoms with van der Waals surface area (Å²) in [5.41, 5.74) is 12.9. The molecule has 0 unspecified atom stereocenters. The van der Waals surface area contributed by atoms with Gasteiger partial charge >= 0.3 is 5.84 Å². The summed E-state index contributed by atoms with van der Waals surface area (Å²) in [6.45, 7) is 0. The molecule has 0 aliphatic carbocycles. The van der Waals surface area contributed by atoms with Crippen molar-refractivity contribution in [2.75, 3.05) is 0 Å². The van der Waals surface area contributed by atoms with Gasteiger partial charge in [-0.1, -0.05) is 15.8 Å². The van der Waals surface area contributed by atoms with Crippen LogP contribution in [0.25, 0.3) is 0 Å². The highest BCUT2D eigenvalue weighted by Crippen LogP contribution is 2.08. The summed E-state index contributed by atoms with van der Waals surface area (Å²) < 4.78 is 4.22. The Morgan fingerprint density at radius 3 is 2.93 bits per heavy atom. The standard InChI is InChI=1S/C4H6N8O3/c5-4(6)3(10-15-11-4)12(13)8-2-1-7-14-9-2/h1,11H,5-6H2. The van der Waals surface area contributed by atoms with E-state index in [0.29, 0.717) is 0 Å². The summed E-state index contributed by atoms with van der Waals surface area (Å²) in [6, 6.07) is 0. The lowest BCUT2D eigenvalue weighted by atomic mass is 10.4. The topological polar surface area (TPSA) is 163 Å². The Kier molecular flexibility index (Phi) is 2.03. The largest absolute Gasteiger partial charge is 0.690 e. The summed E-state index contributed by atoms with van der Waals surface area (Å²) in [7, 11) is 0. The number of rotatable bonds is 1. The van der Waals surface area contributed by atoms with Crippen molar-refractivity contribution in [3.63, 3.8) is 0 Å². The molecular weight excluding hydrogens is 208 g/mol. The van der Waals surface area contributed by atoms with Crippen LogP contribution in [0, 0.1) is 5.21 Å². The van der Waals surface area contributed by atoms with E-state index in [9.17, 15) is 5.21 Å². The molecular formula is C4H6N8O3. The second-order valence-electron chi connectivity index (χ2n) is 2.62. The third kappa shape index (κ3) is 1.74. The molecule has 2 rings (SSSR count). The first kappa shape index (κ1) is 9.45. The SMILES string of the molecule is NC1(N)NON=C1[N+]([O-])=Nc1cnon1. The summed E-state index contributed by atoms with van der Waals surface area (Å²) in [5, 5.41) is 24.5. The maximum absolute atomic E-state index is 11.4. The first-order valence-corrected chi connectivity index (χ1v) is 3.65. The van der Waals surface area contributed by atoms with E-state index in [0.717, 1.165) is 6.20 Å². The highest BCUT2D eigenvalue weighted by molar-refractivity contribution is 5.83. The predicted octanol–water partition coefficient (Wildman–Crippen LogP) is -1.92. The van der Waals surface area contributed by atoms with Crippen LogP contribution in [0.5, 0.6) is 0 Å². The van der Waals surface area contributed by atoms with Crippen LogP contribution in [0.2, 0.25) is 0 Å². The van der Waals surface area contributed by atoms with Gasteiger partial charge in [0, 0.05) is 0 Å². The molecule has 0 aromatic carbocycles. The lowest BCUT2D eigenvalue weighted by molar-refractivity contribution is -0.408. The van der Waals surface area contributed by atoms with E-state index in [-0.39, 0.29) is 16.5 Å². The Balaban J connectivity index is 2.25. The van der Waals surface area contributed by atoms with E-state index in [2.05, 4.69) is 35.6 Å². The Morgan fingerprint density at radius 2 is 2.40 bits per heavy atom. The van der Waals surface area contributed by atoms with Crippen LogP contribution >= 0.6 is 0 Å². The number of oxime groups is 1. The fourth-order valence-electron chi connectivity index (χ4n) is 0.800. The van der Waals surface area contributed by atoms with Crippen molar-refractivity contribution in [1.82, 2.24) is 15.8 Å². The number of nitrogens with zero attached hydrogens (tertiary/aromatic N) is 5.